The highest BCUT2D eigenvalue weighted by molar-refractivity contribution is 7.92. The summed E-state index contributed by atoms with van der Waals surface area (Å²) in [4.78, 5) is 26.3. The normalized spacial score (nSPS) is 11.9. The van der Waals surface area contributed by atoms with E-state index in [0.717, 1.165) is 15.4 Å². The standard InChI is InChI=1S/C30H28ClN3O4S/c1-21-12-16-25(17-13-21)34(39(37,38)26-18-14-24(31)15-19-26)20-29(35)33-28-11-7-6-10-27(28)30(36)32-22(2)23-8-4-3-5-9-23/h3-19,22H,20H2,1-2H3,(H,32,36)(H,33,35)/t22-/m0/s1. The molecule has 4 aromatic carbocycles. The van der Waals surface area contributed by atoms with Crippen LogP contribution < -0.4 is 14.9 Å². The van der Waals surface area contributed by atoms with Gasteiger partial charge in [-0.3, -0.25) is 13.9 Å². The largest absolute Gasteiger partial charge is 0.345 e. The molecule has 0 unspecified atom stereocenters. The molecule has 0 radical (unpaired) electrons. The number of hydrogen-bond donors (Lipinski definition) is 2. The van der Waals surface area contributed by atoms with E-state index in [4.69, 9.17) is 11.6 Å². The van der Waals surface area contributed by atoms with Crippen molar-refractivity contribution >= 4 is 44.8 Å². The Hall–Kier alpha value is -4.14. The molecule has 7 nitrogen and oxygen atoms in total. The SMILES string of the molecule is Cc1ccc(N(CC(=O)Nc2ccccc2C(=O)N[C@@H](C)c2ccccc2)S(=O)(=O)c2ccc(Cl)cc2)cc1. The summed E-state index contributed by atoms with van der Waals surface area (Å²) in [5, 5.41) is 6.06. The number of halogens is 1. The second-order valence-corrected chi connectivity index (χ2v) is 11.3. The molecule has 1 atom stereocenters. The van der Waals surface area contributed by atoms with E-state index in [1.165, 1.54) is 24.3 Å². The molecule has 2 amide bonds. The predicted molar refractivity (Wildman–Crippen MR) is 155 cm³/mol. The minimum absolute atomic E-state index is 0.00467. The zero-order chi connectivity index (χ0) is 28.0. The van der Waals surface area contributed by atoms with Crippen LogP contribution in [-0.4, -0.2) is 26.8 Å². The minimum atomic E-state index is -4.11. The average Bonchev–Trinajstić information content (AvgIpc) is 2.93. The Bertz CT molecular complexity index is 1560. The molecule has 0 fully saturated rings. The van der Waals surface area contributed by atoms with Crippen LogP contribution in [0.5, 0.6) is 0 Å². The van der Waals surface area contributed by atoms with E-state index in [-0.39, 0.29) is 28.1 Å². The van der Waals surface area contributed by atoms with Crippen LogP contribution >= 0.6 is 11.6 Å². The van der Waals surface area contributed by atoms with Crippen molar-refractivity contribution in [1.29, 1.82) is 0 Å². The molecule has 4 aromatic rings. The predicted octanol–water partition coefficient (Wildman–Crippen LogP) is 5.97. The molecule has 4 rings (SSSR count). The number of anilines is 2. The molecule has 0 spiro atoms. The number of sulfonamides is 1. The number of carbonyl (C=O) groups excluding carboxylic acids is 2. The number of carbonyl (C=O) groups is 2. The fourth-order valence-electron chi connectivity index (χ4n) is 3.97. The van der Waals surface area contributed by atoms with Gasteiger partial charge in [-0.05, 0) is 67.9 Å². The fraction of sp³-hybridized carbons (Fsp3) is 0.133. The summed E-state index contributed by atoms with van der Waals surface area (Å²) < 4.78 is 28.2. The number of amides is 2. The Balaban J connectivity index is 1.57. The highest BCUT2D eigenvalue weighted by Crippen LogP contribution is 2.26. The van der Waals surface area contributed by atoms with Gasteiger partial charge in [-0.2, -0.15) is 0 Å². The number of rotatable bonds is 9. The Labute approximate surface area is 233 Å². The van der Waals surface area contributed by atoms with Crippen LogP contribution in [0, 0.1) is 6.92 Å². The summed E-state index contributed by atoms with van der Waals surface area (Å²) in [6.07, 6.45) is 0. The van der Waals surface area contributed by atoms with Crippen LogP contribution in [0.25, 0.3) is 0 Å². The average molecular weight is 562 g/mol. The van der Waals surface area contributed by atoms with E-state index in [9.17, 15) is 18.0 Å². The smallest absolute Gasteiger partial charge is 0.264 e. The van der Waals surface area contributed by atoms with Gasteiger partial charge in [-0.25, -0.2) is 8.42 Å². The van der Waals surface area contributed by atoms with Crippen molar-refractivity contribution in [2.75, 3.05) is 16.2 Å². The van der Waals surface area contributed by atoms with Crippen molar-refractivity contribution in [1.82, 2.24) is 5.32 Å². The molecule has 9 heteroatoms. The number of benzene rings is 4. The van der Waals surface area contributed by atoms with E-state index < -0.39 is 22.5 Å². The zero-order valence-electron chi connectivity index (χ0n) is 21.5. The highest BCUT2D eigenvalue weighted by Gasteiger charge is 2.28. The van der Waals surface area contributed by atoms with Gasteiger partial charge in [0, 0.05) is 5.02 Å². The maximum atomic E-state index is 13.6. The molecule has 0 saturated carbocycles. The molecule has 2 N–H and O–H groups in total. The first-order chi connectivity index (χ1) is 18.6. The van der Waals surface area contributed by atoms with Crippen LogP contribution in [0.3, 0.4) is 0 Å². The highest BCUT2D eigenvalue weighted by atomic mass is 35.5. The maximum absolute atomic E-state index is 13.6. The van der Waals surface area contributed by atoms with Gasteiger partial charge in [0.15, 0.2) is 0 Å². The van der Waals surface area contributed by atoms with E-state index in [1.54, 1.807) is 48.5 Å². The van der Waals surface area contributed by atoms with Gasteiger partial charge in [-0.15, -0.1) is 0 Å². The third-order valence-corrected chi connectivity index (χ3v) is 8.14. The third kappa shape index (κ3) is 6.85. The third-order valence-electron chi connectivity index (χ3n) is 6.10. The van der Waals surface area contributed by atoms with Gasteiger partial charge >= 0.3 is 0 Å². The quantitative estimate of drug-likeness (QED) is 0.263. The monoisotopic (exact) mass is 561 g/mol. The lowest BCUT2D eigenvalue weighted by Gasteiger charge is -2.24. The van der Waals surface area contributed by atoms with Crippen LogP contribution in [0.4, 0.5) is 11.4 Å². The van der Waals surface area contributed by atoms with Crippen molar-refractivity contribution in [3.63, 3.8) is 0 Å². The van der Waals surface area contributed by atoms with E-state index in [0.29, 0.717) is 10.7 Å². The Kier molecular flexibility index (Phi) is 8.69. The van der Waals surface area contributed by atoms with Crippen molar-refractivity contribution in [3.8, 4) is 0 Å². The molecule has 39 heavy (non-hydrogen) atoms. The van der Waals surface area contributed by atoms with Crippen molar-refractivity contribution in [2.24, 2.45) is 0 Å². The minimum Gasteiger partial charge on any atom is -0.345 e. The van der Waals surface area contributed by atoms with E-state index in [2.05, 4.69) is 10.6 Å². The molecule has 200 valence electrons. The number of aryl methyl sites for hydroxylation is 1. The summed E-state index contributed by atoms with van der Waals surface area (Å²) in [6, 6.07) is 28.4. The summed E-state index contributed by atoms with van der Waals surface area (Å²) in [6.45, 7) is 3.25. The molecule has 0 saturated heterocycles. The fourth-order valence-corrected chi connectivity index (χ4v) is 5.52. The van der Waals surface area contributed by atoms with Crippen molar-refractivity contribution in [3.05, 3.63) is 125 Å². The van der Waals surface area contributed by atoms with E-state index >= 15 is 0 Å². The van der Waals surface area contributed by atoms with Gasteiger partial charge in [0.25, 0.3) is 15.9 Å². The summed E-state index contributed by atoms with van der Waals surface area (Å²) >= 11 is 5.95. The van der Waals surface area contributed by atoms with Crippen LogP contribution in [0.15, 0.2) is 108 Å². The molecule has 0 aliphatic heterocycles. The molecular weight excluding hydrogens is 534 g/mol. The van der Waals surface area contributed by atoms with Crippen LogP contribution in [0.2, 0.25) is 5.02 Å². The Morgan fingerprint density at radius 2 is 1.46 bits per heavy atom. The molecule has 0 bridgehead atoms. The summed E-state index contributed by atoms with van der Waals surface area (Å²) in [5.41, 5.74) is 2.74. The number of nitrogens with zero attached hydrogens (tertiary/aromatic N) is 1. The van der Waals surface area contributed by atoms with Crippen LogP contribution in [-0.2, 0) is 14.8 Å². The first-order valence-corrected chi connectivity index (χ1v) is 14.1. The van der Waals surface area contributed by atoms with Crippen molar-refractivity contribution < 1.29 is 18.0 Å². The Morgan fingerprint density at radius 1 is 0.846 bits per heavy atom. The van der Waals surface area contributed by atoms with Crippen LogP contribution in [0.1, 0.15) is 34.5 Å². The lowest BCUT2D eigenvalue weighted by molar-refractivity contribution is -0.114. The topological polar surface area (TPSA) is 95.6 Å². The summed E-state index contributed by atoms with van der Waals surface area (Å²) in [5.74, 6) is -0.976. The zero-order valence-corrected chi connectivity index (χ0v) is 23.0. The van der Waals surface area contributed by atoms with Gasteiger partial charge in [0.05, 0.1) is 27.9 Å². The number of para-hydroxylation sites is 1. The lowest BCUT2D eigenvalue weighted by atomic mass is 10.1. The van der Waals surface area contributed by atoms with E-state index in [1.807, 2.05) is 44.2 Å². The molecule has 0 aliphatic rings. The van der Waals surface area contributed by atoms with Gasteiger partial charge in [0.2, 0.25) is 5.91 Å². The maximum Gasteiger partial charge on any atom is 0.264 e. The van der Waals surface area contributed by atoms with Gasteiger partial charge < -0.3 is 10.6 Å². The molecule has 0 aromatic heterocycles. The first-order valence-electron chi connectivity index (χ1n) is 12.2. The second-order valence-electron chi connectivity index (χ2n) is 9.00. The number of nitrogens with one attached hydrogen (secondary N) is 2. The molecular formula is C30H28ClN3O4S. The second kappa shape index (κ2) is 12.1. The number of hydrogen-bond acceptors (Lipinski definition) is 4. The van der Waals surface area contributed by atoms with Gasteiger partial charge in [0.1, 0.15) is 6.54 Å². The molecule has 0 aliphatic carbocycles. The lowest BCUT2D eigenvalue weighted by Crippen LogP contribution is -2.38. The Morgan fingerprint density at radius 3 is 2.13 bits per heavy atom. The first kappa shape index (κ1) is 27.9. The van der Waals surface area contributed by atoms with Crippen molar-refractivity contribution in [2.45, 2.75) is 24.8 Å². The molecule has 0 heterocycles. The summed E-state index contributed by atoms with van der Waals surface area (Å²) in [7, 11) is -4.11. The van der Waals surface area contributed by atoms with Gasteiger partial charge in [-0.1, -0.05) is 71.8 Å².